The Kier molecular flexibility index (Phi) is 4.25. The van der Waals surface area contributed by atoms with Gasteiger partial charge in [-0.15, -0.1) is 11.3 Å². The maximum absolute atomic E-state index is 12.3. The van der Waals surface area contributed by atoms with Gasteiger partial charge in [0.25, 0.3) is 10.0 Å². The largest absolute Gasteiger partial charge is 0.330 e. The number of hydrogen-bond acceptors (Lipinski definition) is 4. The van der Waals surface area contributed by atoms with Crippen LogP contribution in [0, 0.1) is 5.92 Å². The van der Waals surface area contributed by atoms with Crippen LogP contribution in [-0.2, 0) is 10.0 Å². The average Bonchev–Trinajstić information content (AvgIpc) is 2.76. The van der Waals surface area contributed by atoms with Crippen LogP contribution >= 0.6 is 27.3 Å². The molecule has 0 aliphatic carbocycles. The van der Waals surface area contributed by atoms with Crippen molar-refractivity contribution in [3.63, 3.8) is 0 Å². The lowest BCUT2D eigenvalue weighted by Gasteiger charge is -2.30. The third-order valence-electron chi connectivity index (χ3n) is 2.96. The van der Waals surface area contributed by atoms with Gasteiger partial charge in [-0.1, -0.05) is 0 Å². The van der Waals surface area contributed by atoms with E-state index in [0.717, 1.165) is 16.6 Å². The number of sulfonamides is 1. The summed E-state index contributed by atoms with van der Waals surface area (Å²) in [4.78, 5) is 0. The minimum absolute atomic E-state index is 0.293. The molecule has 0 bridgehead atoms. The Labute approximate surface area is 114 Å². The highest BCUT2D eigenvalue weighted by Crippen LogP contribution is 2.30. The van der Waals surface area contributed by atoms with E-state index in [4.69, 9.17) is 5.73 Å². The zero-order valence-corrected chi connectivity index (χ0v) is 12.5. The second-order valence-electron chi connectivity index (χ2n) is 4.17. The topological polar surface area (TPSA) is 63.4 Å². The van der Waals surface area contributed by atoms with Crippen molar-refractivity contribution >= 4 is 37.3 Å². The summed E-state index contributed by atoms with van der Waals surface area (Å²) in [5.41, 5.74) is 5.63. The van der Waals surface area contributed by atoms with Gasteiger partial charge in [-0.25, -0.2) is 8.42 Å². The van der Waals surface area contributed by atoms with Gasteiger partial charge < -0.3 is 5.73 Å². The maximum Gasteiger partial charge on any atom is 0.252 e. The van der Waals surface area contributed by atoms with E-state index in [2.05, 4.69) is 15.9 Å². The molecular weight excluding hydrogens is 324 g/mol. The number of nitrogens with zero attached hydrogens (tertiary/aromatic N) is 1. The number of rotatable bonds is 3. The number of hydrogen-bond donors (Lipinski definition) is 1. The average molecular weight is 339 g/mol. The van der Waals surface area contributed by atoms with Crippen LogP contribution in [0.2, 0.25) is 0 Å². The Morgan fingerprint density at radius 2 is 2.29 bits per heavy atom. The summed E-state index contributed by atoms with van der Waals surface area (Å²) in [6.07, 6.45) is 1.92. The van der Waals surface area contributed by atoms with E-state index in [1.165, 1.54) is 11.3 Å². The quantitative estimate of drug-likeness (QED) is 0.914. The molecule has 0 amide bonds. The van der Waals surface area contributed by atoms with Gasteiger partial charge in [0.15, 0.2) is 0 Å². The molecule has 1 aliphatic rings. The van der Waals surface area contributed by atoms with Gasteiger partial charge in [-0.2, -0.15) is 4.31 Å². The van der Waals surface area contributed by atoms with Crippen LogP contribution in [-0.4, -0.2) is 32.4 Å². The fourth-order valence-electron chi connectivity index (χ4n) is 2.00. The lowest BCUT2D eigenvalue weighted by atomic mass is 10.0. The van der Waals surface area contributed by atoms with E-state index in [1.54, 1.807) is 16.4 Å². The Morgan fingerprint density at radius 1 is 1.53 bits per heavy atom. The van der Waals surface area contributed by atoms with Crippen LogP contribution in [0.4, 0.5) is 0 Å². The summed E-state index contributed by atoms with van der Waals surface area (Å²) in [5.74, 6) is 0.293. The second-order valence-corrected chi connectivity index (χ2v) is 8.79. The first-order valence-electron chi connectivity index (χ1n) is 5.49. The molecule has 1 saturated heterocycles. The number of halogens is 1. The first-order valence-corrected chi connectivity index (χ1v) is 8.54. The number of nitrogens with two attached hydrogens (primary N) is 1. The molecule has 2 rings (SSSR count). The molecule has 4 nitrogen and oxygen atoms in total. The molecule has 0 radical (unpaired) electrons. The van der Waals surface area contributed by atoms with Crippen LogP contribution in [0.25, 0.3) is 0 Å². The molecule has 1 fully saturated rings. The summed E-state index contributed by atoms with van der Waals surface area (Å²) >= 11 is 4.54. The summed E-state index contributed by atoms with van der Waals surface area (Å²) in [6.45, 7) is 1.71. The lowest BCUT2D eigenvalue weighted by Crippen LogP contribution is -2.41. The van der Waals surface area contributed by atoms with Crippen molar-refractivity contribution in [3.05, 3.63) is 15.9 Å². The third-order valence-corrected chi connectivity index (χ3v) is 6.91. The van der Waals surface area contributed by atoms with Crippen molar-refractivity contribution < 1.29 is 8.42 Å². The van der Waals surface area contributed by atoms with Crippen molar-refractivity contribution in [2.75, 3.05) is 19.6 Å². The van der Waals surface area contributed by atoms with Crippen molar-refractivity contribution in [2.45, 2.75) is 17.1 Å². The molecule has 0 saturated carbocycles. The van der Waals surface area contributed by atoms with E-state index in [-0.39, 0.29) is 0 Å². The predicted molar refractivity (Wildman–Crippen MR) is 72.6 cm³/mol. The van der Waals surface area contributed by atoms with Crippen LogP contribution in [0.15, 0.2) is 20.1 Å². The monoisotopic (exact) mass is 338 g/mol. The SMILES string of the molecule is NC[C@H]1CCCN(S(=O)(=O)c2ccc(Br)s2)C1. The summed E-state index contributed by atoms with van der Waals surface area (Å²) < 4.78 is 27.5. The Bertz CT molecular complexity index is 486. The number of piperidine rings is 1. The van der Waals surface area contributed by atoms with Crippen molar-refractivity contribution in [2.24, 2.45) is 11.7 Å². The smallest absolute Gasteiger partial charge is 0.252 e. The van der Waals surface area contributed by atoms with Gasteiger partial charge in [0.2, 0.25) is 0 Å². The Morgan fingerprint density at radius 3 is 2.88 bits per heavy atom. The lowest BCUT2D eigenvalue weighted by molar-refractivity contribution is 0.272. The highest BCUT2D eigenvalue weighted by Gasteiger charge is 2.30. The third kappa shape index (κ3) is 2.90. The fourth-order valence-corrected chi connectivity index (χ4v) is 5.72. The van der Waals surface area contributed by atoms with Gasteiger partial charge in [0.05, 0.1) is 3.79 Å². The van der Waals surface area contributed by atoms with Crippen LogP contribution in [0.3, 0.4) is 0 Å². The van der Waals surface area contributed by atoms with E-state index in [1.807, 2.05) is 0 Å². The summed E-state index contributed by atoms with van der Waals surface area (Å²) in [5, 5.41) is 0. The maximum atomic E-state index is 12.3. The molecular formula is C10H15BrN2O2S2. The zero-order valence-electron chi connectivity index (χ0n) is 9.30. The van der Waals surface area contributed by atoms with Crippen molar-refractivity contribution in [3.8, 4) is 0 Å². The standard InChI is InChI=1S/C10H15BrN2O2S2/c11-9-3-4-10(16-9)17(14,15)13-5-1-2-8(6-12)7-13/h3-4,8H,1-2,5-7,12H2/t8-/m1/s1. The molecule has 0 aromatic carbocycles. The van der Waals surface area contributed by atoms with E-state index in [0.29, 0.717) is 29.8 Å². The molecule has 17 heavy (non-hydrogen) atoms. The van der Waals surface area contributed by atoms with E-state index >= 15 is 0 Å². The highest BCUT2D eigenvalue weighted by molar-refractivity contribution is 9.11. The van der Waals surface area contributed by atoms with Crippen LogP contribution in [0.5, 0.6) is 0 Å². The van der Waals surface area contributed by atoms with Gasteiger partial charge in [-0.3, -0.25) is 0 Å². The second kappa shape index (κ2) is 5.36. The van der Waals surface area contributed by atoms with Gasteiger partial charge >= 0.3 is 0 Å². The normalized spacial score (nSPS) is 22.8. The molecule has 2 heterocycles. The summed E-state index contributed by atoms with van der Waals surface area (Å²) in [6, 6.07) is 3.41. The first-order chi connectivity index (χ1) is 8.04. The Balaban J connectivity index is 2.21. The molecule has 0 unspecified atom stereocenters. The molecule has 2 N–H and O–H groups in total. The molecule has 96 valence electrons. The van der Waals surface area contributed by atoms with Crippen LogP contribution < -0.4 is 5.73 Å². The van der Waals surface area contributed by atoms with Crippen molar-refractivity contribution in [1.29, 1.82) is 0 Å². The summed E-state index contributed by atoms with van der Waals surface area (Å²) in [7, 11) is -3.32. The van der Waals surface area contributed by atoms with Gasteiger partial charge in [-0.05, 0) is 53.4 Å². The zero-order chi connectivity index (χ0) is 12.5. The number of thiophene rings is 1. The molecule has 1 atom stereocenters. The first kappa shape index (κ1) is 13.5. The Hall–Kier alpha value is 0.0500. The molecule has 1 aromatic heterocycles. The van der Waals surface area contributed by atoms with Crippen molar-refractivity contribution in [1.82, 2.24) is 4.31 Å². The fraction of sp³-hybridized carbons (Fsp3) is 0.600. The van der Waals surface area contributed by atoms with Gasteiger partial charge in [0, 0.05) is 13.1 Å². The minimum atomic E-state index is -3.32. The molecule has 1 aliphatic heterocycles. The highest BCUT2D eigenvalue weighted by atomic mass is 79.9. The molecule has 0 spiro atoms. The molecule has 7 heteroatoms. The minimum Gasteiger partial charge on any atom is -0.330 e. The van der Waals surface area contributed by atoms with E-state index in [9.17, 15) is 8.42 Å². The molecule has 1 aromatic rings. The van der Waals surface area contributed by atoms with Crippen LogP contribution in [0.1, 0.15) is 12.8 Å². The predicted octanol–water partition coefficient (Wildman–Crippen LogP) is 1.87. The van der Waals surface area contributed by atoms with E-state index < -0.39 is 10.0 Å². The van der Waals surface area contributed by atoms with Gasteiger partial charge in [0.1, 0.15) is 4.21 Å².